The summed E-state index contributed by atoms with van der Waals surface area (Å²) in [5.74, 6) is -4.52. The molecule has 4 nitrogen and oxygen atoms in total. The molecular formula is C3H4F4NO3S-. The topological polar surface area (TPSA) is 69.2 Å². The molecule has 0 saturated carbocycles. The van der Waals surface area contributed by atoms with Gasteiger partial charge in [-0.25, -0.2) is 21.9 Å². The van der Waals surface area contributed by atoms with E-state index in [0.717, 1.165) is 4.72 Å². The molecule has 1 N–H and O–H groups in total. The Labute approximate surface area is 65.4 Å². The van der Waals surface area contributed by atoms with Crippen molar-refractivity contribution in [3.63, 3.8) is 0 Å². The van der Waals surface area contributed by atoms with Gasteiger partial charge >= 0.3 is 12.3 Å². The number of hydrogen-bond donors (Lipinski definition) is 1. The molecule has 9 heteroatoms. The van der Waals surface area contributed by atoms with Crippen molar-refractivity contribution >= 4 is 10.3 Å². The first-order valence-corrected chi connectivity index (χ1v) is 3.92. The van der Waals surface area contributed by atoms with Crippen LogP contribution in [0.2, 0.25) is 0 Å². The molecule has 74 valence electrons. The summed E-state index contributed by atoms with van der Waals surface area (Å²) in [5, 5.41) is 0. The lowest BCUT2D eigenvalue weighted by Gasteiger charge is -2.16. The number of nitrogens with one attached hydrogen (secondary N) is 1. The Bertz CT molecular complexity index is 238. The van der Waals surface area contributed by atoms with Gasteiger partial charge in [0.2, 0.25) is 0 Å². The van der Waals surface area contributed by atoms with Gasteiger partial charge in [-0.15, -0.1) is 0 Å². The summed E-state index contributed by atoms with van der Waals surface area (Å²) in [7, 11) is -5.10. The van der Waals surface area contributed by atoms with Crippen molar-refractivity contribution in [2.45, 2.75) is 12.3 Å². The number of hydrogen-bond acceptors (Lipinski definition) is 3. The van der Waals surface area contributed by atoms with Crippen molar-refractivity contribution in [3.8, 4) is 0 Å². The highest BCUT2D eigenvalue weighted by Crippen LogP contribution is 2.21. The van der Waals surface area contributed by atoms with Crippen LogP contribution in [0.25, 0.3) is 0 Å². The van der Waals surface area contributed by atoms with Crippen LogP contribution >= 0.6 is 0 Å². The van der Waals surface area contributed by atoms with Crippen LogP contribution in [0.15, 0.2) is 0 Å². The van der Waals surface area contributed by atoms with E-state index in [4.69, 9.17) is 0 Å². The molecule has 0 aliphatic carbocycles. The lowest BCUT2D eigenvalue weighted by atomic mass is 10.4. The average molecular weight is 210 g/mol. The Hall–Kier alpha value is -0.410. The van der Waals surface area contributed by atoms with E-state index in [0.29, 0.717) is 0 Å². The molecule has 0 spiro atoms. The molecule has 0 atom stereocenters. The van der Waals surface area contributed by atoms with Gasteiger partial charge in [0.15, 0.2) is 10.3 Å². The zero-order valence-electron chi connectivity index (χ0n) is 5.43. The standard InChI is InChI=1S/C3H5F4NO3S/c4-2(5)3(6,7)1-8-12(9,10)11/h2,8H,1H2,(H,9,10,11)/p-1. The Kier molecular flexibility index (Phi) is 3.42. The third-order valence-electron chi connectivity index (χ3n) is 0.804. The molecule has 12 heavy (non-hydrogen) atoms. The fourth-order valence-electron chi connectivity index (χ4n) is 0.262. The summed E-state index contributed by atoms with van der Waals surface area (Å²) >= 11 is 0. The van der Waals surface area contributed by atoms with Crippen LogP contribution in [0.4, 0.5) is 17.6 Å². The van der Waals surface area contributed by atoms with Crippen LogP contribution in [0.1, 0.15) is 0 Å². The lowest BCUT2D eigenvalue weighted by Crippen LogP contribution is -2.41. The summed E-state index contributed by atoms with van der Waals surface area (Å²) < 4.78 is 76.0. The second kappa shape index (κ2) is 3.54. The quantitative estimate of drug-likeness (QED) is 0.521. The van der Waals surface area contributed by atoms with Crippen molar-refractivity contribution < 1.29 is 30.5 Å². The monoisotopic (exact) mass is 210 g/mol. The summed E-state index contributed by atoms with van der Waals surface area (Å²) in [6.45, 7) is -1.89. The maximum Gasteiger partial charge on any atom is 0.320 e. The van der Waals surface area contributed by atoms with Gasteiger partial charge in [-0.1, -0.05) is 0 Å². The van der Waals surface area contributed by atoms with Crippen molar-refractivity contribution in [2.24, 2.45) is 0 Å². The third-order valence-corrected chi connectivity index (χ3v) is 1.30. The van der Waals surface area contributed by atoms with Crippen molar-refractivity contribution in [3.05, 3.63) is 0 Å². The van der Waals surface area contributed by atoms with E-state index in [1.54, 1.807) is 0 Å². The van der Waals surface area contributed by atoms with Crippen molar-refractivity contribution in [1.82, 2.24) is 4.72 Å². The molecule has 0 aliphatic heterocycles. The zero-order valence-corrected chi connectivity index (χ0v) is 6.25. The molecule has 0 saturated heterocycles. The first-order valence-electron chi connectivity index (χ1n) is 2.51. The molecule has 0 aromatic heterocycles. The summed E-state index contributed by atoms with van der Waals surface area (Å²) in [6, 6.07) is 0. The van der Waals surface area contributed by atoms with Gasteiger partial charge in [-0.05, 0) is 0 Å². The highest BCUT2D eigenvalue weighted by molar-refractivity contribution is 7.83. The van der Waals surface area contributed by atoms with Crippen LogP contribution in [0, 0.1) is 0 Å². The highest BCUT2D eigenvalue weighted by Gasteiger charge is 2.40. The van der Waals surface area contributed by atoms with Crippen LogP contribution in [0.5, 0.6) is 0 Å². The second-order valence-corrected chi connectivity index (χ2v) is 3.03. The predicted molar refractivity (Wildman–Crippen MR) is 28.7 cm³/mol. The lowest BCUT2D eigenvalue weighted by molar-refractivity contribution is -0.122. The van der Waals surface area contributed by atoms with Crippen molar-refractivity contribution in [2.75, 3.05) is 6.54 Å². The maximum absolute atomic E-state index is 11.9. The summed E-state index contributed by atoms with van der Waals surface area (Å²) in [4.78, 5) is 0. The second-order valence-electron chi connectivity index (χ2n) is 1.84. The number of alkyl halides is 4. The molecule has 0 aromatic carbocycles. The van der Waals surface area contributed by atoms with Gasteiger partial charge in [-0.3, -0.25) is 0 Å². The summed E-state index contributed by atoms with van der Waals surface area (Å²) in [6.07, 6.45) is -4.01. The first kappa shape index (κ1) is 11.6. The van der Waals surface area contributed by atoms with Crippen LogP contribution in [-0.2, 0) is 10.3 Å². The van der Waals surface area contributed by atoms with E-state index in [-0.39, 0.29) is 0 Å². The third kappa shape index (κ3) is 4.46. The SMILES string of the molecule is O=S(=O)([O-])NCC(F)(F)C(F)F. The smallest absolute Gasteiger partial charge is 0.320 e. The molecule has 0 aromatic rings. The highest BCUT2D eigenvalue weighted by atomic mass is 32.2. The van der Waals surface area contributed by atoms with Crippen molar-refractivity contribution in [1.29, 1.82) is 0 Å². The van der Waals surface area contributed by atoms with E-state index in [1.807, 2.05) is 0 Å². The minimum absolute atomic E-state index is 0.730. The fourth-order valence-corrected chi connectivity index (χ4v) is 0.631. The van der Waals surface area contributed by atoms with E-state index < -0.39 is 29.2 Å². The van der Waals surface area contributed by atoms with Gasteiger partial charge in [0.25, 0.3) is 0 Å². The molecular weight excluding hydrogens is 206 g/mol. The number of rotatable bonds is 4. The van der Waals surface area contributed by atoms with Crippen LogP contribution in [0.3, 0.4) is 0 Å². The molecule has 0 fully saturated rings. The summed E-state index contributed by atoms with van der Waals surface area (Å²) in [5.41, 5.74) is 0. The van der Waals surface area contributed by atoms with Gasteiger partial charge in [0.1, 0.15) is 0 Å². The van der Waals surface area contributed by atoms with E-state index in [2.05, 4.69) is 0 Å². The molecule has 0 unspecified atom stereocenters. The minimum atomic E-state index is -5.10. The normalized spacial score (nSPS) is 13.8. The average Bonchev–Trinajstić information content (AvgIpc) is 1.82. The zero-order chi connectivity index (χ0) is 9.99. The van der Waals surface area contributed by atoms with E-state index in [1.165, 1.54) is 0 Å². The Morgan fingerprint density at radius 2 is 1.83 bits per heavy atom. The van der Waals surface area contributed by atoms with E-state index >= 15 is 0 Å². The van der Waals surface area contributed by atoms with E-state index in [9.17, 15) is 30.5 Å². The molecule has 0 heterocycles. The maximum atomic E-state index is 11.9. The first-order chi connectivity index (χ1) is 5.15. The molecule has 0 radical (unpaired) electrons. The number of halogens is 4. The minimum Gasteiger partial charge on any atom is -0.735 e. The Morgan fingerprint density at radius 3 is 2.08 bits per heavy atom. The van der Waals surface area contributed by atoms with Gasteiger partial charge in [-0.2, -0.15) is 8.78 Å². The van der Waals surface area contributed by atoms with Gasteiger partial charge in [0.05, 0.1) is 6.54 Å². The molecule has 0 amide bonds. The van der Waals surface area contributed by atoms with Gasteiger partial charge < -0.3 is 4.55 Å². The fraction of sp³-hybridized carbons (Fsp3) is 1.00. The predicted octanol–water partition coefficient (Wildman–Crippen LogP) is -0.0634. The molecule has 0 rings (SSSR count). The van der Waals surface area contributed by atoms with Crippen LogP contribution in [-0.4, -0.2) is 31.9 Å². The van der Waals surface area contributed by atoms with Gasteiger partial charge in [0, 0.05) is 0 Å². The molecule has 0 aliphatic rings. The largest absolute Gasteiger partial charge is 0.735 e. The Balaban J connectivity index is 4.10. The Morgan fingerprint density at radius 1 is 1.42 bits per heavy atom. The van der Waals surface area contributed by atoms with Crippen LogP contribution < -0.4 is 4.72 Å². The molecule has 0 bridgehead atoms.